The quantitative estimate of drug-likeness (QED) is 0.0582. The Morgan fingerprint density at radius 3 is 2.12 bits per heavy atom. The molecule has 0 amide bonds. The molecule has 9 heteroatoms. The minimum atomic E-state index is -1.29. The number of aromatic nitrogens is 2. The SMILES string of the molecule is CCCCCCCCOc1cnc(-c2ccc(OC(=O)c3ccc(OCCC(CCCC)[Si](C)C)c(F)c3F)cc2)nc1. The number of carbonyl (C=O) groups excluding carboxylic acids is 1. The second-order valence-electron chi connectivity index (χ2n) is 11.1. The number of benzene rings is 2. The molecule has 0 aliphatic carbocycles. The van der Waals surface area contributed by atoms with Crippen molar-refractivity contribution in [1.29, 1.82) is 0 Å². The van der Waals surface area contributed by atoms with Gasteiger partial charge in [0.05, 0.1) is 31.2 Å². The van der Waals surface area contributed by atoms with Crippen LogP contribution in [0.4, 0.5) is 8.78 Å². The summed E-state index contributed by atoms with van der Waals surface area (Å²) in [6.07, 6.45) is 14.6. The molecule has 1 radical (unpaired) electrons. The molecule has 1 aromatic heterocycles. The van der Waals surface area contributed by atoms with E-state index in [1.807, 2.05) is 0 Å². The number of carbonyl (C=O) groups is 1. The minimum Gasteiger partial charge on any atom is -0.490 e. The van der Waals surface area contributed by atoms with Crippen molar-refractivity contribution in [3.8, 4) is 28.6 Å². The molecule has 233 valence electrons. The van der Waals surface area contributed by atoms with E-state index >= 15 is 0 Å². The van der Waals surface area contributed by atoms with Crippen molar-refractivity contribution in [3.63, 3.8) is 0 Å². The summed E-state index contributed by atoms with van der Waals surface area (Å²) in [4.78, 5) is 21.4. The van der Waals surface area contributed by atoms with Gasteiger partial charge in [0.1, 0.15) is 5.75 Å². The number of ether oxygens (including phenoxy) is 3. The number of hydrogen-bond acceptors (Lipinski definition) is 6. The average molecular weight is 612 g/mol. The lowest BCUT2D eigenvalue weighted by atomic mass is 10.1. The van der Waals surface area contributed by atoms with E-state index in [0.717, 1.165) is 38.5 Å². The summed E-state index contributed by atoms with van der Waals surface area (Å²) >= 11 is 0. The lowest BCUT2D eigenvalue weighted by Gasteiger charge is -2.19. The normalized spacial score (nSPS) is 11.9. The first-order chi connectivity index (χ1) is 20.8. The summed E-state index contributed by atoms with van der Waals surface area (Å²) in [5.41, 5.74) is 0.762. The van der Waals surface area contributed by atoms with Crippen molar-refractivity contribution in [1.82, 2.24) is 9.97 Å². The van der Waals surface area contributed by atoms with Crippen LogP contribution < -0.4 is 14.2 Å². The Morgan fingerprint density at radius 2 is 1.44 bits per heavy atom. The summed E-state index contributed by atoms with van der Waals surface area (Å²) in [6, 6.07) is 8.96. The van der Waals surface area contributed by atoms with E-state index in [1.54, 1.807) is 36.7 Å². The van der Waals surface area contributed by atoms with Crippen LogP contribution in [0.1, 0.15) is 88.4 Å². The van der Waals surface area contributed by atoms with Gasteiger partial charge in [-0.1, -0.05) is 78.3 Å². The maximum absolute atomic E-state index is 14.8. The molecule has 1 unspecified atom stereocenters. The summed E-state index contributed by atoms with van der Waals surface area (Å²) in [6.45, 7) is 9.82. The van der Waals surface area contributed by atoms with E-state index in [0.29, 0.717) is 35.9 Å². The third kappa shape index (κ3) is 11.0. The molecule has 0 N–H and O–H groups in total. The van der Waals surface area contributed by atoms with Gasteiger partial charge < -0.3 is 14.2 Å². The second-order valence-corrected chi connectivity index (χ2v) is 14.0. The first kappa shape index (κ1) is 34.2. The molecule has 0 saturated heterocycles. The molecule has 0 fully saturated rings. The lowest BCUT2D eigenvalue weighted by Crippen LogP contribution is -2.16. The van der Waals surface area contributed by atoms with Crippen molar-refractivity contribution >= 4 is 14.8 Å². The predicted molar refractivity (Wildman–Crippen MR) is 169 cm³/mol. The molecule has 1 atom stereocenters. The largest absolute Gasteiger partial charge is 0.490 e. The lowest BCUT2D eigenvalue weighted by molar-refractivity contribution is 0.0728. The van der Waals surface area contributed by atoms with Crippen LogP contribution in [-0.4, -0.2) is 37.9 Å². The van der Waals surface area contributed by atoms with Gasteiger partial charge in [-0.25, -0.2) is 19.2 Å². The first-order valence-corrected chi connectivity index (χ1v) is 18.1. The van der Waals surface area contributed by atoms with Crippen LogP contribution in [0.15, 0.2) is 48.8 Å². The molecule has 3 aromatic rings. The highest BCUT2D eigenvalue weighted by molar-refractivity contribution is 6.57. The van der Waals surface area contributed by atoms with Crippen molar-refractivity contribution in [2.24, 2.45) is 0 Å². The van der Waals surface area contributed by atoms with Crippen molar-refractivity contribution in [2.75, 3.05) is 13.2 Å². The van der Waals surface area contributed by atoms with Crippen LogP contribution in [0.2, 0.25) is 18.6 Å². The van der Waals surface area contributed by atoms with Crippen LogP contribution in [-0.2, 0) is 0 Å². The van der Waals surface area contributed by atoms with Gasteiger partial charge in [-0.15, -0.1) is 0 Å². The Kier molecular flexibility index (Phi) is 14.6. The summed E-state index contributed by atoms with van der Waals surface area (Å²) in [5, 5.41) is 0. The summed E-state index contributed by atoms with van der Waals surface area (Å²) in [7, 11) is -0.513. The third-order valence-electron chi connectivity index (χ3n) is 7.43. The second kappa shape index (κ2) is 18.4. The molecule has 1 heterocycles. The highest BCUT2D eigenvalue weighted by Gasteiger charge is 2.22. The Bertz CT molecular complexity index is 1260. The molecule has 0 aliphatic heterocycles. The van der Waals surface area contributed by atoms with Gasteiger partial charge in [0, 0.05) is 14.4 Å². The Morgan fingerprint density at radius 1 is 0.767 bits per heavy atom. The van der Waals surface area contributed by atoms with Crippen molar-refractivity contribution in [3.05, 3.63) is 66.0 Å². The number of rotatable bonds is 19. The van der Waals surface area contributed by atoms with E-state index in [1.165, 1.54) is 37.8 Å². The Balaban J connectivity index is 1.51. The maximum atomic E-state index is 14.8. The molecule has 0 spiro atoms. The van der Waals surface area contributed by atoms with Gasteiger partial charge in [0.25, 0.3) is 0 Å². The van der Waals surface area contributed by atoms with Gasteiger partial charge in [-0.05, 0) is 54.8 Å². The van der Waals surface area contributed by atoms with Gasteiger partial charge in [-0.3, -0.25) is 0 Å². The maximum Gasteiger partial charge on any atom is 0.346 e. The van der Waals surface area contributed by atoms with Gasteiger partial charge in [0.15, 0.2) is 23.1 Å². The zero-order chi connectivity index (χ0) is 31.0. The summed E-state index contributed by atoms with van der Waals surface area (Å²) < 4.78 is 46.1. The molecule has 0 bridgehead atoms. The molecule has 0 saturated carbocycles. The smallest absolute Gasteiger partial charge is 0.346 e. The molecule has 43 heavy (non-hydrogen) atoms. The van der Waals surface area contributed by atoms with Crippen LogP contribution >= 0.6 is 0 Å². The van der Waals surface area contributed by atoms with Crippen LogP contribution in [0.3, 0.4) is 0 Å². The number of esters is 1. The number of unbranched alkanes of at least 4 members (excludes halogenated alkanes) is 6. The number of hydrogen-bond donors (Lipinski definition) is 0. The molecule has 6 nitrogen and oxygen atoms in total. The van der Waals surface area contributed by atoms with E-state index in [-0.39, 0.29) is 11.5 Å². The highest BCUT2D eigenvalue weighted by Crippen LogP contribution is 2.27. The highest BCUT2D eigenvalue weighted by atomic mass is 28.3. The van der Waals surface area contributed by atoms with Crippen molar-refractivity contribution in [2.45, 2.75) is 96.7 Å². The van der Waals surface area contributed by atoms with E-state index in [4.69, 9.17) is 14.2 Å². The fourth-order valence-electron chi connectivity index (χ4n) is 4.73. The van der Waals surface area contributed by atoms with Gasteiger partial charge >= 0.3 is 5.97 Å². The van der Waals surface area contributed by atoms with E-state index in [2.05, 4.69) is 36.9 Å². The Labute approximate surface area is 256 Å². The molecule has 3 rings (SSSR count). The van der Waals surface area contributed by atoms with Crippen LogP contribution in [0.5, 0.6) is 17.2 Å². The number of halogens is 2. The minimum absolute atomic E-state index is 0.183. The van der Waals surface area contributed by atoms with Gasteiger partial charge in [0.2, 0.25) is 5.82 Å². The topological polar surface area (TPSA) is 70.5 Å². The zero-order valence-electron chi connectivity index (χ0n) is 26.0. The van der Waals surface area contributed by atoms with E-state index in [9.17, 15) is 13.6 Å². The first-order valence-electron chi connectivity index (χ1n) is 15.5. The van der Waals surface area contributed by atoms with Crippen LogP contribution in [0, 0.1) is 11.6 Å². The van der Waals surface area contributed by atoms with E-state index < -0.39 is 32.0 Å². The fraction of sp³-hybridized carbons (Fsp3) is 0.500. The Hall–Kier alpha value is -3.33. The van der Waals surface area contributed by atoms with Crippen molar-refractivity contribution < 1.29 is 27.8 Å². The molecule has 2 aromatic carbocycles. The standard InChI is InChI=1S/C34H45F2N2O4Si/c1-5-7-9-10-11-12-21-40-27-23-37-33(38-24-27)25-14-16-26(17-15-25)42-34(39)29-18-19-30(32(36)31(29)35)41-22-20-28(43(3)4)13-8-6-2/h14-19,23-24,28H,5-13,20-22H2,1-4H3. The average Bonchev–Trinajstić information content (AvgIpc) is 3.01. The third-order valence-corrected chi connectivity index (χ3v) is 9.64. The van der Waals surface area contributed by atoms with Crippen LogP contribution in [0.25, 0.3) is 11.4 Å². The number of nitrogens with zero attached hydrogens (tertiary/aromatic N) is 2. The zero-order valence-corrected chi connectivity index (χ0v) is 27.0. The fourth-order valence-corrected chi connectivity index (χ4v) is 6.21. The monoisotopic (exact) mass is 611 g/mol. The van der Waals surface area contributed by atoms with Gasteiger partial charge in [-0.2, -0.15) is 4.39 Å². The summed E-state index contributed by atoms with van der Waals surface area (Å²) in [5.74, 6) is -2.39. The molecule has 0 aliphatic rings. The molecular weight excluding hydrogens is 566 g/mol. The molecular formula is C34H45F2N2O4Si. The predicted octanol–water partition coefficient (Wildman–Crippen LogP) is 9.46.